The second-order valence-corrected chi connectivity index (χ2v) is 15.7. The molecule has 4 fully saturated rings. The van der Waals surface area contributed by atoms with E-state index in [1.807, 2.05) is 13.0 Å². The van der Waals surface area contributed by atoms with Crippen LogP contribution in [0.5, 0.6) is 0 Å². The summed E-state index contributed by atoms with van der Waals surface area (Å²) in [4.78, 5) is 49.7. The molecule has 1 N–H and O–H groups in total. The topological polar surface area (TPSA) is 139 Å². The highest BCUT2D eigenvalue weighted by Gasteiger charge is 2.57. The van der Waals surface area contributed by atoms with E-state index in [-0.39, 0.29) is 47.6 Å². The Morgan fingerprint density at radius 1 is 0.935 bits per heavy atom. The van der Waals surface area contributed by atoms with Crippen molar-refractivity contribution in [2.75, 3.05) is 47.6 Å². The number of cyclic esters (lactones) is 1. The molecule has 20 heteroatoms. The maximum atomic E-state index is 12.9. The van der Waals surface area contributed by atoms with Gasteiger partial charge in [0.2, 0.25) is 11.8 Å². The molecule has 3 aliphatic heterocycles. The molecular weight excluding hydrogens is 779 g/mol. The third kappa shape index (κ3) is 15.3. The first-order valence-electron chi connectivity index (χ1n) is 20.6. The van der Waals surface area contributed by atoms with Crippen LogP contribution in [0.3, 0.4) is 0 Å². The first kappa shape index (κ1) is 52.2. The van der Waals surface area contributed by atoms with E-state index < -0.39 is 42.8 Å². The SMILES string of the molecule is C=C=C=C=C=C=C.CC1OC(=O)[C@@H]2C=C3CC4(CC[C@H]3[C@H](C(=O)N(C)C)[C@H]12)OCCO4.CNC(=O)/C=C\[C@@H](C)OC(=O)/C=C/C1=CCCC2(C1)OCCO2.[B]B([B])B([B])B([B])[B]. The minimum Gasteiger partial charge on any atom is -0.462 e. The fourth-order valence-electron chi connectivity index (χ4n) is 7.98. The maximum absolute atomic E-state index is 12.9. The monoisotopic (exact) mass is 832 g/mol. The Morgan fingerprint density at radius 2 is 1.52 bits per heavy atom. The first-order valence-corrected chi connectivity index (χ1v) is 20.6. The summed E-state index contributed by atoms with van der Waals surface area (Å²) in [5.74, 6) is -2.31. The second-order valence-electron chi connectivity index (χ2n) is 15.7. The quantitative estimate of drug-likeness (QED) is 0.126. The molecule has 0 bridgehead atoms. The molecule has 0 aromatic carbocycles. The number of rotatable bonds is 8. The number of nitrogens with one attached hydrogen (secondary N) is 1. The Bertz CT molecular complexity index is 1870. The minimum absolute atomic E-state index is 0.0689. The molecule has 3 aliphatic carbocycles. The molecule has 10 radical (unpaired) electrons. The van der Waals surface area contributed by atoms with Crippen LogP contribution >= 0.6 is 0 Å². The zero-order valence-electron chi connectivity index (χ0n) is 36.6. The molecule has 6 atom stereocenters. The number of fused-ring (bicyclic) bond motifs is 2. The van der Waals surface area contributed by atoms with E-state index in [0.29, 0.717) is 39.3 Å². The summed E-state index contributed by atoms with van der Waals surface area (Å²) in [6.07, 6.45) is 12.3. The van der Waals surface area contributed by atoms with E-state index in [4.69, 9.17) is 67.1 Å². The number of esters is 2. The summed E-state index contributed by atoms with van der Waals surface area (Å²) in [6.45, 7) is 12.6. The van der Waals surface area contributed by atoms with Crippen molar-refractivity contribution in [3.63, 3.8) is 0 Å². The van der Waals surface area contributed by atoms with Crippen molar-refractivity contribution in [2.45, 2.75) is 76.2 Å². The number of hydrogen-bond donors (Lipinski definition) is 1. The van der Waals surface area contributed by atoms with Gasteiger partial charge in [0, 0.05) is 123 Å². The lowest BCUT2D eigenvalue weighted by atomic mass is 8.68. The number of hydrogen-bond acceptors (Lipinski definition) is 10. The molecule has 3 heterocycles. The molecule has 0 aromatic heterocycles. The summed E-state index contributed by atoms with van der Waals surface area (Å²) in [5, 5.41) is 2.45. The van der Waals surface area contributed by atoms with Crippen LogP contribution in [0.2, 0.25) is 0 Å². The summed E-state index contributed by atoms with van der Waals surface area (Å²) in [7, 11) is 30.9. The molecule has 2 amide bonds. The fraction of sp³-hybridized carbons (Fsp3) is 0.548. The summed E-state index contributed by atoms with van der Waals surface area (Å²) in [5.41, 5.74) is 14.1. The van der Waals surface area contributed by atoms with Gasteiger partial charge in [-0.2, -0.15) is 0 Å². The van der Waals surface area contributed by atoms with Gasteiger partial charge in [-0.3, -0.25) is 14.4 Å². The Kier molecular flexibility index (Phi) is 21.2. The van der Waals surface area contributed by atoms with Crippen LogP contribution in [0.15, 0.2) is 89.4 Å². The first-order chi connectivity index (χ1) is 29.4. The molecule has 314 valence electrons. The average molecular weight is 831 g/mol. The number of likely N-dealkylation sites (N-methyl/N-ethyl adjacent to an activating group) is 1. The summed E-state index contributed by atoms with van der Waals surface area (Å²) < 4.78 is 33.7. The molecule has 2 spiro atoms. The standard InChI is InChI=1S/C18H25NO5.C17H23NO5.C7H4.B8/c1-10-14-13(17(21)24-10)8-11-9-18(22-6-7-23-18)5-4-12(11)15(14)16(20)19(2)3;1-13(5-7-15(19)18-2)23-16(20)8-6-14-4-3-9-17(12-14)21-10-11-22-17;1-3-5-7-6-4-2;1-6(2)8(5)7(3)4/h8,10,12-15H,4-7,9H2,1-3H3;4-8,13H,3,9-12H2,1-2H3,(H,18,19);1-2H2;/b;7-5-,8-6+;;/t10?,12-,13-,14-,15+;13-;;/m11../s1. The lowest BCUT2D eigenvalue weighted by Gasteiger charge is -2.45. The number of ether oxygens (including phenoxy) is 6. The van der Waals surface area contributed by atoms with E-state index >= 15 is 0 Å². The van der Waals surface area contributed by atoms with Gasteiger partial charge in [-0.15, -0.1) is 0 Å². The number of amides is 2. The largest absolute Gasteiger partial charge is 0.462 e. The zero-order chi connectivity index (χ0) is 46.0. The van der Waals surface area contributed by atoms with E-state index in [0.717, 1.165) is 36.8 Å². The smallest absolute Gasteiger partial charge is 0.331 e. The van der Waals surface area contributed by atoms with Crippen LogP contribution in [0, 0.1) is 23.7 Å². The fourth-order valence-corrected chi connectivity index (χ4v) is 7.98. The third-order valence-corrected chi connectivity index (χ3v) is 11.0. The molecule has 1 saturated carbocycles. The number of nitrogens with zero attached hydrogens (tertiary/aromatic N) is 1. The highest BCUT2D eigenvalue weighted by molar-refractivity contribution is 7.89. The Balaban J connectivity index is 0.000000250. The van der Waals surface area contributed by atoms with Gasteiger partial charge in [0.15, 0.2) is 11.6 Å². The van der Waals surface area contributed by atoms with Crippen LogP contribution in [0.1, 0.15) is 52.4 Å². The van der Waals surface area contributed by atoms with Gasteiger partial charge in [-0.1, -0.05) is 35.3 Å². The zero-order valence-corrected chi connectivity index (χ0v) is 36.6. The molecule has 12 nitrogen and oxygen atoms in total. The molecule has 62 heavy (non-hydrogen) atoms. The van der Waals surface area contributed by atoms with E-state index in [1.54, 1.807) is 32.0 Å². The van der Waals surface area contributed by atoms with Crippen LogP contribution in [0.4, 0.5) is 0 Å². The van der Waals surface area contributed by atoms with Gasteiger partial charge < -0.3 is 38.6 Å². The molecule has 6 aliphatic rings. The maximum Gasteiger partial charge on any atom is 0.331 e. The van der Waals surface area contributed by atoms with Crippen molar-refractivity contribution >= 4 is 81.6 Å². The van der Waals surface area contributed by atoms with E-state index in [9.17, 15) is 19.2 Å². The normalized spacial score (nSPS) is 24.9. The van der Waals surface area contributed by atoms with Gasteiger partial charge >= 0.3 is 11.9 Å². The Hall–Kier alpha value is -4.16. The third-order valence-electron chi connectivity index (χ3n) is 11.0. The van der Waals surface area contributed by atoms with Crippen LogP contribution in [-0.2, 0) is 47.6 Å². The number of carbonyl (C=O) groups excluding carboxylic acids is 4. The molecule has 3 saturated heterocycles. The number of carbonyl (C=O) groups is 4. The predicted molar refractivity (Wildman–Crippen MR) is 244 cm³/mol. The summed E-state index contributed by atoms with van der Waals surface area (Å²) in [6, 6.07) is 0. The van der Waals surface area contributed by atoms with Crippen molar-refractivity contribution in [1.82, 2.24) is 10.2 Å². The van der Waals surface area contributed by atoms with Crippen LogP contribution in [0.25, 0.3) is 0 Å². The van der Waals surface area contributed by atoms with Gasteiger partial charge in [-0.05, 0) is 74.6 Å². The van der Waals surface area contributed by atoms with Gasteiger partial charge in [0.05, 0.1) is 38.3 Å². The molecular formula is C42H52B8N2O10. The predicted octanol–water partition coefficient (Wildman–Crippen LogP) is 1.51. The Labute approximate surface area is 375 Å². The van der Waals surface area contributed by atoms with E-state index in [1.165, 1.54) is 25.3 Å². The van der Waals surface area contributed by atoms with Gasteiger partial charge in [0.1, 0.15) is 12.2 Å². The van der Waals surface area contributed by atoms with Crippen molar-refractivity contribution in [3.05, 3.63) is 89.4 Å². The molecule has 1 unspecified atom stereocenters. The Morgan fingerprint density at radius 3 is 2.03 bits per heavy atom. The lowest BCUT2D eigenvalue weighted by molar-refractivity contribution is -0.176. The highest BCUT2D eigenvalue weighted by atomic mass is 16.7. The highest BCUT2D eigenvalue weighted by Crippen LogP contribution is 2.53. The van der Waals surface area contributed by atoms with Crippen LogP contribution < -0.4 is 5.32 Å². The average Bonchev–Trinajstić information content (AvgIpc) is 3.97. The van der Waals surface area contributed by atoms with Crippen molar-refractivity contribution in [1.29, 1.82) is 0 Å². The lowest BCUT2D eigenvalue weighted by Crippen LogP contribution is -2.52. The number of allylic oxidation sites excluding steroid dienone is 2. The second kappa shape index (κ2) is 25.2. The van der Waals surface area contributed by atoms with Crippen molar-refractivity contribution in [3.8, 4) is 0 Å². The van der Waals surface area contributed by atoms with Gasteiger partial charge in [-0.25, -0.2) is 4.79 Å². The van der Waals surface area contributed by atoms with Crippen molar-refractivity contribution in [2.24, 2.45) is 23.7 Å². The minimum atomic E-state index is -0.630. The molecule has 6 rings (SSSR count). The van der Waals surface area contributed by atoms with Gasteiger partial charge in [0.25, 0.3) is 0 Å². The molecule has 0 aromatic rings. The van der Waals surface area contributed by atoms with Crippen molar-refractivity contribution < 1.29 is 47.6 Å². The summed E-state index contributed by atoms with van der Waals surface area (Å²) >= 11 is 0. The van der Waals surface area contributed by atoms with E-state index in [2.05, 4.69) is 53.2 Å². The van der Waals surface area contributed by atoms with Crippen LogP contribution in [-0.4, -0.2) is 158 Å².